The Morgan fingerprint density at radius 1 is 1.21 bits per heavy atom. The van der Waals surface area contributed by atoms with Gasteiger partial charge in [-0.2, -0.15) is 0 Å². The van der Waals surface area contributed by atoms with Gasteiger partial charge in [0, 0.05) is 25.1 Å². The third kappa shape index (κ3) is 5.09. The number of carbonyl (C=O) groups is 2. The summed E-state index contributed by atoms with van der Waals surface area (Å²) in [5.41, 5.74) is 2.70. The summed E-state index contributed by atoms with van der Waals surface area (Å²) < 4.78 is 0. The number of anilines is 1. The fraction of sp³-hybridized carbons (Fsp3) is 0.278. The largest absolute Gasteiger partial charge is 0.339 e. The van der Waals surface area contributed by atoms with E-state index >= 15 is 0 Å². The van der Waals surface area contributed by atoms with Crippen molar-refractivity contribution in [1.82, 2.24) is 9.88 Å². The van der Waals surface area contributed by atoms with Gasteiger partial charge in [-0.25, -0.2) is 0 Å². The maximum atomic E-state index is 12.4. The molecule has 5 nitrogen and oxygen atoms in total. The second-order valence-corrected chi connectivity index (χ2v) is 6.50. The third-order valence-electron chi connectivity index (χ3n) is 3.48. The van der Waals surface area contributed by atoms with Crippen LogP contribution in [0.4, 0.5) is 5.69 Å². The predicted octanol–water partition coefficient (Wildman–Crippen LogP) is 3.10. The summed E-state index contributed by atoms with van der Waals surface area (Å²) in [5, 5.41) is 2.78. The molecule has 0 atom stereocenters. The van der Waals surface area contributed by atoms with Gasteiger partial charge in [-0.05, 0) is 30.7 Å². The molecule has 0 aliphatic rings. The molecule has 1 N–H and O–H groups in total. The molecule has 0 spiro atoms. The van der Waals surface area contributed by atoms with Crippen molar-refractivity contribution in [3.8, 4) is 0 Å². The molecule has 2 aromatic rings. The molecule has 1 heterocycles. The second-order valence-electron chi connectivity index (χ2n) is 5.48. The van der Waals surface area contributed by atoms with Crippen molar-refractivity contribution in [2.24, 2.45) is 0 Å². The molecular weight excluding hydrogens is 322 g/mol. The highest BCUT2D eigenvalue weighted by molar-refractivity contribution is 8.00. The van der Waals surface area contributed by atoms with Gasteiger partial charge in [-0.3, -0.25) is 14.6 Å². The zero-order valence-electron chi connectivity index (χ0n) is 14.1. The van der Waals surface area contributed by atoms with Crippen LogP contribution in [0.15, 0.2) is 47.5 Å². The lowest BCUT2D eigenvalue weighted by Gasteiger charge is -2.18. The van der Waals surface area contributed by atoms with E-state index in [1.807, 2.05) is 43.3 Å². The molecule has 1 aromatic heterocycles. The highest BCUT2D eigenvalue weighted by atomic mass is 32.2. The lowest BCUT2D eigenvalue weighted by molar-refractivity contribution is -0.127. The van der Waals surface area contributed by atoms with Gasteiger partial charge in [0.2, 0.25) is 11.8 Å². The lowest BCUT2D eigenvalue weighted by atomic mass is 10.2. The minimum atomic E-state index is -0.128. The van der Waals surface area contributed by atoms with Gasteiger partial charge in [-0.15, -0.1) is 11.8 Å². The molecule has 0 aliphatic carbocycles. The van der Waals surface area contributed by atoms with Crippen LogP contribution in [0.25, 0.3) is 0 Å². The SMILES string of the molecule is CC(=O)Nc1ccccc1SCC(=O)N(C)Cc1ncccc1C. The minimum absolute atomic E-state index is 0.0164. The molecule has 0 unspecified atom stereocenters. The second kappa shape index (κ2) is 8.49. The van der Waals surface area contributed by atoms with Crippen molar-refractivity contribution >= 4 is 29.3 Å². The quantitative estimate of drug-likeness (QED) is 0.819. The van der Waals surface area contributed by atoms with Gasteiger partial charge < -0.3 is 10.2 Å². The number of aromatic nitrogens is 1. The molecule has 6 heteroatoms. The molecule has 0 fully saturated rings. The first-order valence-corrected chi connectivity index (χ1v) is 8.60. The first-order chi connectivity index (χ1) is 11.5. The summed E-state index contributed by atoms with van der Waals surface area (Å²) in [6, 6.07) is 11.3. The summed E-state index contributed by atoms with van der Waals surface area (Å²) in [4.78, 5) is 30.5. The molecule has 0 radical (unpaired) electrons. The van der Waals surface area contributed by atoms with E-state index in [-0.39, 0.29) is 11.8 Å². The van der Waals surface area contributed by atoms with Gasteiger partial charge in [0.15, 0.2) is 0 Å². The first kappa shape index (κ1) is 18.0. The van der Waals surface area contributed by atoms with Gasteiger partial charge in [-0.1, -0.05) is 18.2 Å². The summed E-state index contributed by atoms with van der Waals surface area (Å²) in [5.74, 6) is 0.193. The van der Waals surface area contributed by atoms with E-state index in [1.54, 1.807) is 18.1 Å². The van der Waals surface area contributed by atoms with E-state index in [0.29, 0.717) is 12.3 Å². The zero-order valence-corrected chi connectivity index (χ0v) is 14.9. The van der Waals surface area contributed by atoms with E-state index < -0.39 is 0 Å². The van der Waals surface area contributed by atoms with Crippen molar-refractivity contribution in [2.45, 2.75) is 25.3 Å². The first-order valence-electron chi connectivity index (χ1n) is 7.61. The minimum Gasteiger partial charge on any atom is -0.339 e. The molecule has 0 saturated carbocycles. The number of nitrogens with one attached hydrogen (secondary N) is 1. The fourth-order valence-electron chi connectivity index (χ4n) is 2.13. The van der Waals surface area contributed by atoms with Crippen molar-refractivity contribution < 1.29 is 9.59 Å². The van der Waals surface area contributed by atoms with Crippen LogP contribution in [0.3, 0.4) is 0 Å². The highest BCUT2D eigenvalue weighted by Crippen LogP contribution is 2.27. The summed E-state index contributed by atoms with van der Waals surface area (Å²) in [6.07, 6.45) is 1.74. The maximum absolute atomic E-state index is 12.4. The molecule has 0 aliphatic heterocycles. The standard InChI is InChI=1S/C18H21N3O2S/c1-13-7-6-10-19-16(13)11-21(3)18(23)12-24-17-9-5-4-8-15(17)20-14(2)22/h4-10H,11-12H2,1-3H3,(H,20,22). The van der Waals surface area contributed by atoms with E-state index in [4.69, 9.17) is 0 Å². The molecule has 24 heavy (non-hydrogen) atoms. The average molecular weight is 343 g/mol. The Bertz CT molecular complexity index is 734. The van der Waals surface area contributed by atoms with Crippen molar-refractivity contribution in [3.63, 3.8) is 0 Å². The molecule has 0 bridgehead atoms. The maximum Gasteiger partial charge on any atom is 0.233 e. The molecule has 0 saturated heterocycles. The number of benzene rings is 1. The average Bonchev–Trinajstić information content (AvgIpc) is 2.55. The van der Waals surface area contributed by atoms with Crippen LogP contribution in [0.1, 0.15) is 18.2 Å². The number of thioether (sulfide) groups is 1. The van der Waals surface area contributed by atoms with E-state index in [1.165, 1.54) is 18.7 Å². The molecule has 2 rings (SSSR count). The fourth-order valence-corrected chi connectivity index (χ4v) is 3.08. The van der Waals surface area contributed by atoms with Crippen molar-refractivity contribution in [1.29, 1.82) is 0 Å². The number of nitrogens with zero attached hydrogens (tertiary/aromatic N) is 2. The number of amides is 2. The number of para-hydroxylation sites is 1. The number of hydrogen-bond acceptors (Lipinski definition) is 4. The van der Waals surface area contributed by atoms with Crippen molar-refractivity contribution in [2.75, 3.05) is 18.1 Å². The summed E-state index contributed by atoms with van der Waals surface area (Å²) in [7, 11) is 1.77. The highest BCUT2D eigenvalue weighted by Gasteiger charge is 2.13. The van der Waals surface area contributed by atoms with Crippen LogP contribution in [-0.2, 0) is 16.1 Å². The van der Waals surface area contributed by atoms with Gasteiger partial charge >= 0.3 is 0 Å². The Morgan fingerprint density at radius 3 is 2.67 bits per heavy atom. The third-order valence-corrected chi connectivity index (χ3v) is 4.54. The normalized spacial score (nSPS) is 10.3. The van der Waals surface area contributed by atoms with Crippen LogP contribution < -0.4 is 5.32 Å². The molecule has 126 valence electrons. The van der Waals surface area contributed by atoms with Gasteiger partial charge in [0.25, 0.3) is 0 Å². The van der Waals surface area contributed by atoms with E-state index in [0.717, 1.165) is 21.8 Å². The number of rotatable bonds is 6. The van der Waals surface area contributed by atoms with Crippen LogP contribution in [0.2, 0.25) is 0 Å². The Hall–Kier alpha value is -2.34. The predicted molar refractivity (Wildman–Crippen MR) is 96.9 cm³/mol. The number of hydrogen-bond donors (Lipinski definition) is 1. The summed E-state index contributed by atoms with van der Waals surface area (Å²) >= 11 is 1.41. The van der Waals surface area contributed by atoms with Crippen LogP contribution >= 0.6 is 11.8 Å². The van der Waals surface area contributed by atoms with Crippen LogP contribution in [0.5, 0.6) is 0 Å². The van der Waals surface area contributed by atoms with E-state index in [2.05, 4.69) is 10.3 Å². The van der Waals surface area contributed by atoms with Crippen LogP contribution in [-0.4, -0.2) is 34.5 Å². The smallest absolute Gasteiger partial charge is 0.233 e. The Labute approximate surface area is 146 Å². The number of pyridine rings is 1. The molecule has 1 aromatic carbocycles. The summed E-state index contributed by atoms with van der Waals surface area (Å²) in [6.45, 7) is 3.94. The van der Waals surface area contributed by atoms with Gasteiger partial charge in [0.05, 0.1) is 23.7 Å². The number of aryl methyl sites for hydroxylation is 1. The lowest BCUT2D eigenvalue weighted by Crippen LogP contribution is -2.28. The topological polar surface area (TPSA) is 62.3 Å². The zero-order chi connectivity index (χ0) is 17.5. The monoisotopic (exact) mass is 343 g/mol. The number of carbonyl (C=O) groups excluding carboxylic acids is 2. The van der Waals surface area contributed by atoms with Crippen LogP contribution in [0, 0.1) is 6.92 Å². The Balaban J connectivity index is 1.96. The molecule has 2 amide bonds. The Kier molecular flexibility index (Phi) is 6.37. The Morgan fingerprint density at radius 2 is 1.96 bits per heavy atom. The van der Waals surface area contributed by atoms with Crippen molar-refractivity contribution in [3.05, 3.63) is 53.9 Å². The van der Waals surface area contributed by atoms with Gasteiger partial charge in [0.1, 0.15) is 0 Å². The van der Waals surface area contributed by atoms with E-state index in [9.17, 15) is 9.59 Å². The molecular formula is C18H21N3O2S.